The fourth-order valence-corrected chi connectivity index (χ4v) is 4.54. The molecule has 0 saturated carbocycles. The van der Waals surface area contributed by atoms with E-state index in [4.69, 9.17) is 0 Å². The highest BCUT2D eigenvalue weighted by Gasteiger charge is 2.26. The minimum atomic E-state index is -2.91. The van der Waals surface area contributed by atoms with Gasteiger partial charge in [0.1, 0.15) is 5.82 Å². The molecule has 1 N–H and O–H groups in total. The predicted molar refractivity (Wildman–Crippen MR) is 83.5 cm³/mol. The van der Waals surface area contributed by atoms with Gasteiger partial charge in [0.2, 0.25) is 0 Å². The van der Waals surface area contributed by atoms with Crippen molar-refractivity contribution in [3.8, 4) is 0 Å². The molecule has 5 heteroatoms. The fourth-order valence-electron chi connectivity index (χ4n) is 2.89. The van der Waals surface area contributed by atoms with Crippen LogP contribution >= 0.6 is 0 Å². The van der Waals surface area contributed by atoms with Crippen LogP contribution in [0.15, 0.2) is 24.3 Å². The summed E-state index contributed by atoms with van der Waals surface area (Å²) in [7, 11) is -2.91. The molecule has 118 valence electrons. The highest BCUT2D eigenvalue weighted by Crippen LogP contribution is 2.23. The summed E-state index contributed by atoms with van der Waals surface area (Å²) in [6.07, 6.45) is 4.71. The lowest BCUT2D eigenvalue weighted by Crippen LogP contribution is -2.42. The lowest BCUT2D eigenvalue weighted by Gasteiger charge is -2.29. The number of nitrogens with one attached hydrogen (secondary N) is 1. The minimum Gasteiger partial charge on any atom is -0.306 e. The van der Waals surface area contributed by atoms with Gasteiger partial charge in [0, 0.05) is 12.1 Å². The molecule has 0 bridgehead atoms. The van der Waals surface area contributed by atoms with Crippen LogP contribution in [0.2, 0.25) is 0 Å². The summed E-state index contributed by atoms with van der Waals surface area (Å²) in [5, 5.41) is 3.48. The van der Waals surface area contributed by atoms with Crippen molar-refractivity contribution in [1.29, 1.82) is 0 Å². The number of hydrogen-bond acceptors (Lipinski definition) is 3. The first-order valence-corrected chi connectivity index (χ1v) is 9.54. The van der Waals surface area contributed by atoms with Crippen molar-refractivity contribution >= 4 is 9.84 Å². The third-order valence-electron chi connectivity index (χ3n) is 4.02. The predicted octanol–water partition coefficient (Wildman–Crippen LogP) is 3.22. The van der Waals surface area contributed by atoms with Crippen molar-refractivity contribution in [2.75, 3.05) is 11.5 Å². The Balaban J connectivity index is 2.07. The van der Waals surface area contributed by atoms with Gasteiger partial charge in [-0.25, -0.2) is 12.8 Å². The van der Waals surface area contributed by atoms with E-state index in [9.17, 15) is 12.8 Å². The Hall–Kier alpha value is -0.940. The second kappa shape index (κ2) is 7.36. The zero-order valence-electron chi connectivity index (χ0n) is 12.5. The van der Waals surface area contributed by atoms with Crippen LogP contribution in [0.1, 0.15) is 50.6 Å². The molecular formula is C16H24FNO2S. The lowest BCUT2D eigenvalue weighted by atomic mass is 9.99. The van der Waals surface area contributed by atoms with Gasteiger partial charge in [0.15, 0.2) is 9.84 Å². The van der Waals surface area contributed by atoms with Crippen LogP contribution in [0, 0.1) is 5.82 Å². The van der Waals surface area contributed by atoms with Gasteiger partial charge in [-0.2, -0.15) is 0 Å². The van der Waals surface area contributed by atoms with E-state index in [0.717, 1.165) is 37.7 Å². The van der Waals surface area contributed by atoms with E-state index in [0.29, 0.717) is 5.75 Å². The highest BCUT2D eigenvalue weighted by molar-refractivity contribution is 7.91. The molecule has 21 heavy (non-hydrogen) atoms. The van der Waals surface area contributed by atoms with E-state index in [1.807, 2.05) is 0 Å². The molecule has 0 radical (unpaired) electrons. The van der Waals surface area contributed by atoms with Crippen molar-refractivity contribution in [3.05, 3.63) is 35.6 Å². The molecule has 0 amide bonds. The van der Waals surface area contributed by atoms with Crippen molar-refractivity contribution in [1.82, 2.24) is 5.32 Å². The molecule has 1 aliphatic rings. The van der Waals surface area contributed by atoms with Gasteiger partial charge in [0.25, 0.3) is 0 Å². The van der Waals surface area contributed by atoms with Gasteiger partial charge in [0.05, 0.1) is 11.5 Å². The van der Waals surface area contributed by atoms with Gasteiger partial charge < -0.3 is 5.32 Å². The number of benzene rings is 1. The maximum Gasteiger partial charge on any atom is 0.151 e. The third kappa shape index (κ3) is 5.08. The molecule has 2 atom stereocenters. The number of halogens is 1. The Morgan fingerprint density at radius 2 is 2.05 bits per heavy atom. The molecular weight excluding hydrogens is 289 g/mol. The summed E-state index contributed by atoms with van der Waals surface area (Å²) in [6, 6.07) is 6.63. The van der Waals surface area contributed by atoms with E-state index in [1.165, 1.54) is 12.1 Å². The zero-order chi connectivity index (χ0) is 15.3. The molecule has 1 saturated heterocycles. The normalized spacial score (nSPS) is 22.9. The highest BCUT2D eigenvalue weighted by atomic mass is 32.2. The summed E-state index contributed by atoms with van der Waals surface area (Å²) < 4.78 is 36.6. The lowest BCUT2D eigenvalue weighted by molar-refractivity contribution is 0.397. The van der Waals surface area contributed by atoms with Gasteiger partial charge in [-0.05, 0) is 37.0 Å². The minimum absolute atomic E-state index is 0.00987. The second-order valence-electron chi connectivity index (χ2n) is 5.87. The number of sulfone groups is 1. The van der Waals surface area contributed by atoms with E-state index in [2.05, 4.69) is 12.2 Å². The number of unbranched alkanes of at least 4 members (excludes halogenated alkanes) is 1. The SMILES string of the molecule is CCCCC(NC1CCCS(=O)(=O)C1)c1ccc(F)cc1. The topological polar surface area (TPSA) is 46.2 Å². The molecule has 2 rings (SSSR count). The van der Waals surface area contributed by atoms with E-state index < -0.39 is 9.84 Å². The van der Waals surface area contributed by atoms with Crippen LogP contribution in [-0.2, 0) is 9.84 Å². The van der Waals surface area contributed by atoms with E-state index >= 15 is 0 Å². The van der Waals surface area contributed by atoms with Crippen molar-refractivity contribution in [2.24, 2.45) is 0 Å². The van der Waals surface area contributed by atoms with E-state index in [1.54, 1.807) is 12.1 Å². The quantitative estimate of drug-likeness (QED) is 0.877. The van der Waals surface area contributed by atoms with Crippen LogP contribution in [0.3, 0.4) is 0 Å². The molecule has 1 aromatic carbocycles. The number of hydrogen-bond donors (Lipinski definition) is 1. The third-order valence-corrected chi connectivity index (χ3v) is 5.84. The van der Waals surface area contributed by atoms with E-state index in [-0.39, 0.29) is 23.7 Å². The van der Waals surface area contributed by atoms with Crippen LogP contribution in [-0.4, -0.2) is 26.0 Å². The molecule has 3 nitrogen and oxygen atoms in total. The standard InChI is InChI=1S/C16H24FNO2S/c1-2-3-6-16(13-7-9-14(17)10-8-13)18-15-5-4-11-21(19,20)12-15/h7-10,15-16,18H,2-6,11-12H2,1H3. The summed E-state index contributed by atoms with van der Waals surface area (Å²) in [6.45, 7) is 2.13. The first-order valence-electron chi connectivity index (χ1n) is 7.72. The first-order chi connectivity index (χ1) is 10.00. The molecule has 0 spiro atoms. The molecule has 1 aliphatic heterocycles. The Bertz CT molecular complexity index is 542. The molecule has 2 unspecified atom stereocenters. The maximum absolute atomic E-state index is 13.1. The Kier molecular flexibility index (Phi) is 5.76. The molecule has 1 aromatic rings. The van der Waals surface area contributed by atoms with Gasteiger partial charge >= 0.3 is 0 Å². The maximum atomic E-state index is 13.1. The summed E-state index contributed by atoms with van der Waals surface area (Å²) in [5.41, 5.74) is 1.04. The van der Waals surface area contributed by atoms with Crippen LogP contribution in [0.5, 0.6) is 0 Å². The van der Waals surface area contributed by atoms with Crippen LogP contribution in [0.4, 0.5) is 4.39 Å². The first kappa shape index (κ1) is 16.4. The largest absolute Gasteiger partial charge is 0.306 e. The Morgan fingerprint density at radius 1 is 1.33 bits per heavy atom. The van der Waals surface area contributed by atoms with Gasteiger partial charge in [-0.3, -0.25) is 0 Å². The van der Waals surface area contributed by atoms with Gasteiger partial charge in [-0.1, -0.05) is 31.9 Å². The van der Waals surface area contributed by atoms with Crippen molar-refractivity contribution in [3.63, 3.8) is 0 Å². The fraction of sp³-hybridized carbons (Fsp3) is 0.625. The summed E-state index contributed by atoms with van der Waals surface area (Å²) >= 11 is 0. The number of rotatable bonds is 6. The Labute approximate surface area is 126 Å². The second-order valence-corrected chi connectivity index (χ2v) is 8.10. The van der Waals surface area contributed by atoms with Crippen LogP contribution in [0.25, 0.3) is 0 Å². The molecule has 1 fully saturated rings. The smallest absolute Gasteiger partial charge is 0.151 e. The summed E-state index contributed by atoms with van der Waals surface area (Å²) in [5.74, 6) is 0.284. The molecule has 0 aliphatic carbocycles. The summed E-state index contributed by atoms with van der Waals surface area (Å²) in [4.78, 5) is 0. The molecule has 0 aromatic heterocycles. The van der Waals surface area contributed by atoms with Crippen molar-refractivity contribution in [2.45, 2.75) is 51.1 Å². The molecule has 1 heterocycles. The Morgan fingerprint density at radius 3 is 2.67 bits per heavy atom. The average Bonchev–Trinajstić information content (AvgIpc) is 2.43. The average molecular weight is 313 g/mol. The zero-order valence-corrected chi connectivity index (χ0v) is 13.3. The van der Waals surface area contributed by atoms with Crippen LogP contribution < -0.4 is 5.32 Å². The van der Waals surface area contributed by atoms with Gasteiger partial charge in [-0.15, -0.1) is 0 Å². The monoisotopic (exact) mass is 313 g/mol. The van der Waals surface area contributed by atoms with Crippen molar-refractivity contribution < 1.29 is 12.8 Å².